The molecule has 3 aliphatic carbocycles. The zero-order chi connectivity index (χ0) is 53.3. The fraction of sp³-hybridized carbons (Fsp3) is 0.544. The van der Waals surface area contributed by atoms with Gasteiger partial charge < -0.3 is 52.3 Å². The molecule has 2 saturated heterocycles. The summed E-state index contributed by atoms with van der Waals surface area (Å²) in [6, 6.07) is 15.7. The van der Waals surface area contributed by atoms with Crippen LogP contribution in [0, 0.1) is 5.92 Å². The van der Waals surface area contributed by atoms with Crippen molar-refractivity contribution in [2.24, 2.45) is 5.92 Å². The fourth-order valence-electron chi connectivity index (χ4n) is 11.8. The normalized spacial score (nSPS) is 24.0. The van der Waals surface area contributed by atoms with Gasteiger partial charge in [0.05, 0.1) is 24.2 Å². The molecule has 0 radical (unpaired) electrons. The topological polar surface area (TPSA) is 239 Å². The molecule has 1 saturated carbocycles. The fourth-order valence-corrected chi connectivity index (χ4v) is 11.8. The summed E-state index contributed by atoms with van der Waals surface area (Å²) in [5.74, 6) is -3.33. The van der Waals surface area contributed by atoms with E-state index in [4.69, 9.17) is 0 Å². The van der Waals surface area contributed by atoms with Crippen LogP contribution in [0.2, 0.25) is 0 Å². The molecule has 0 spiro atoms. The number of rotatable bonds is 17. The number of nitrogens with one attached hydrogen (secondary N) is 8. The van der Waals surface area contributed by atoms with E-state index in [1.54, 1.807) is 53.1 Å². The maximum Gasteiger partial charge on any atom is 0.251 e. The second-order valence-electron chi connectivity index (χ2n) is 21.3. The van der Waals surface area contributed by atoms with Gasteiger partial charge in [-0.25, -0.2) is 0 Å². The Labute approximate surface area is 440 Å². The number of amides is 8. The molecule has 8 N–H and O–H groups in total. The molecule has 18 nitrogen and oxygen atoms in total. The molecule has 10 atom stereocenters. The van der Waals surface area contributed by atoms with E-state index in [0.717, 1.165) is 81.8 Å². The standard InChI is InChI=1S/C57H76N10O8/c1-33(58-4)50(68)60-35(3)56(74)66-31-41(29-47(66)54(72)63-45-26-14-20-36-16-9-11-24-43(36)45)61-52(70)39-22-13-23-40(28-39)53(71)62-42-30-48(55(73)64-46-27-15-21-37-17-10-12-25-44(37)46)67(32-42)57(75)49(38-18-7-6-8-19-38)65-51(69)34(2)59-5/h9-13,16-17,22-25,28,33-35,38,41-42,45-49,58-59H,6-8,14-15,18-21,26-27,29-32H2,1-5H3,(H,60,68)(H,61,70)(H,62,71)(H,63,72)(H,64,73)(H,65,69). The second kappa shape index (κ2) is 24.8. The number of hydrogen-bond acceptors (Lipinski definition) is 10. The highest BCUT2D eigenvalue weighted by molar-refractivity contribution is 6.01. The summed E-state index contributed by atoms with van der Waals surface area (Å²) < 4.78 is 0. The maximum atomic E-state index is 14.9. The van der Waals surface area contributed by atoms with Crippen molar-refractivity contribution in [3.8, 4) is 0 Å². The summed E-state index contributed by atoms with van der Waals surface area (Å²) in [6.07, 6.45) is 9.76. The monoisotopic (exact) mass is 1030 g/mol. The average Bonchev–Trinajstić information content (AvgIpc) is 4.07. The summed E-state index contributed by atoms with van der Waals surface area (Å²) in [4.78, 5) is 115. The third-order valence-electron chi connectivity index (χ3n) is 16.3. The van der Waals surface area contributed by atoms with E-state index in [9.17, 15) is 38.4 Å². The van der Waals surface area contributed by atoms with Gasteiger partial charge in [0.25, 0.3) is 11.8 Å². The van der Waals surface area contributed by atoms with Gasteiger partial charge in [0.15, 0.2) is 0 Å². The SMILES string of the molecule is CNC(C)C(=O)NC(C)C(=O)N1CC(NC(=O)c2cccc(C(=O)NC3CC(C(=O)NC4CCCc5ccccc54)N(C(=O)C(NC(=O)C(C)NC)C4CCCCC4)C3)c2)CC1C(=O)NC1CCCc2ccccc21. The largest absolute Gasteiger partial charge is 0.347 e. The van der Waals surface area contributed by atoms with Crippen molar-refractivity contribution in [1.82, 2.24) is 52.3 Å². The number of nitrogens with zero attached hydrogens (tertiary/aromatic N) is 2. The molecule has 0 aromatic heterocycles. The zero-order valence-corrected chi connectivity index (χ0v) is 44.0. The van der Waals surface area contributed by atoms with E-state index in [1.165, 1.54) is 27.0 Å². The lowest BCUT2D eigenvalue weighted by atomic mass is 9.83. The van der Waals surface area contributed by atoms with Gasteiger partial charge in [-0.05, 0) is 145 Å². The summed E-state index contributed by atoms with van der Waals surface area (Å²) >= 11 is 0. The Balaban J connectivity index is 0.974. The van der Waals surface area contributed by atoms with E-state index in [0.29, 0.717) is 0 Å². The van der Waals surface area contributed by atoms with Crippen LogP contribution < -0.4 is 42.5 Å². The van der Waals surface area contributed by atoms with E-state index >= 15 is 0 Å². The van der Waals surface area contributed by atoms with Crippen LogP contribution in [-0.2, 0) is 41.6 Å². The highest BCUT2D eigenvalue weighted by atomic mass is 16.2. The van der Waals surface area contributed by atoms with Crippen LogP contribution in [0.1, 0.15) is 146 Å². The Morgan fingerprint density at radius 3 is 1.47 bits per heavy atom. The molecule has 8 rings (SSSR count). The first-order valence-corrected chi connectivity index (χ1v) is 27.2. The number of carbonyl (C=O) groups excluding carboxylic acids is 8. The van der Waals surface area contributed by atoms with Crippen molar-refractivity contribution in [2.75, 3.05) is 27.2 Å². The Morgan fingerprint density at radius 1 is 0.507 bits per heavy atom. The molecule has 8 amide bonds. The molecule has 10 unspecified atom stereocenters. The Kier molecular flexibility index (Phi) is 18.0. The van der Waals surface area contributed by atoms with Crippen LogP contribution in [0.4, 0.5) is 0 Å². The predicted octanol–water partition coefficient (Wildman–Crippen LogP) is 3.26. The van der Waals surface area contributed by atoms with Crippen molar-refractivity contribution >= 4 is 47.3 Å². The molecular weight excluding hydrogens is 953 g/mol. The van der Waals surface area contributed by atoms with Crippen molar-refractivity contribution in [2.45, 2.75) is 165 Å². The van der Waals surface area contributed by atoms with Crippen LogP contribution in [0.3, 0.4) is 0 Å². The molecule has 402 valence electrons. The minimum absolute atomic E-state index is 0.00455. The molecule has 2 aliphatic heterocycles. The maximum absolute atomic E-state index is 14.9. The molecular formula is C57H76N10O8. The number of likely N-dealkylation sites (N-methyl/N-ethyl adjacent to an activating group) is 2. The third kappa shape index (κ3) is 12.9. The zero-order valence-electron chi connectivity index (χ0n) is 44.0. The molecule has 3 fully saturated rings. The van der Waals surface area contributed by atoms with E-state index < -0.39 is 66.1 Å². The van der Waals surface area contributed by atoms with Gasteiger partial charge in [-0.2, -0.15) is 0 Å². The van der Waals surface area contributed by atoms with Gasteiger partial charge in [0.1, 0.15) is 24.2 Å². The predicted molar refractivity (Wildman–Crippen MR) is 283 cm³/mol. The van der Waals surface area contributed by atoms with Gasteiger partial charge in [-0.3, -0.25) is 38.4 Å². The Morgan fingerprint density at radius 2 is 0.973 bits per heavy atom. The van der Waals surface area contributed by atoms with Crippen LogP contribution in [0.25, 0.3) is 0 Å². The minimum Gasteiger partial charge on any atom is -0.347 e. The molecule has 2 heterocycles. The van der Waals surface area contributed by atoms with Crippen molar-refractivity contribution in [3.05, 3.63) is 106 Å². The number of hydrogen-bond donors (Lipinski definition) is 8. The summed E-state index contributed by atoms with van der Waals surface area (Å²) in [7, 11) is 3.32. The molecule has 18 heteroatoms. The van der Waals surface area contributed by atoms with Gasteiger partial charge in [-0.15, -0.1) is 0 Å². The summed E-state index contributed by atoms with van der Waals surface area (Å²) in [5, 5.41) is 24.1. The first-order valence-electron chi connectivity index (χ1n) is 27.2. The smallest absolute Gasteiger partial charge is 0.251 e. The van der Waals surface area contributed by atoms with Gasteiger partial charge in [-0.1, -0.05) is 73.9 Å². The number of likely N-dealkylation sites (tertiary alicyclic amines) is 2. The average molecular weight is 1030 g/mol. The number of benzene rings is 3. The quantitative estimate of drug-likeness (QED) is 0.0983. The minimum atomic E-state index is -0.959. The van der Waals surface area contributed by atoms with Gasteiger partial charge in [0, 0.05) is 36.3 Å². The number of fused-ring (bicyclic) bond motifs is 2. The lowest BCUT2D eigenvalue weighted by Crippen LogP contribution is -2.58. The van der Waals surface area contributed by atoms with Crippen LogP contribution >= 0.6 is 0 Å². The third-order valence-corrected chi connectivity index (χ3v) is 16.3. The van der Waals surface area contributed by atoms with E-state index in [-0.39, 0.29) is 84.6 Å². The molecule has 75 heavy (non-hydrogen) atoms. The molecule has 5 aliphatic rings. The number of aryl methyl sites for hydroxylation is 2. The highest BCUT2D eigenvalue weighted by Crippen LogP contribution is 2.34. The number of carbonyl (C=O) groups is 8. The lowest BCUT2D eigenvalue weighted by molar-refractivity contribution is -0.143. The summed E-state index contributed by atoms with van der Waals surface area (Å²) in [5.41, 5.74) is 4.78. The summed E-state index contributed by atoms with van der Waals surface area (Å²) in [6.45, 7) is 5.01. The van der Waals surface area contributed by atoms with E-state index in [2.05, 4.69) is 54.7 Å². The Bertz CT molecular complexity index is 2600. The van der Waals surface area contributed by atoms with Crippen molar-refractivity contribution in [1.29, 1.82) is 0 Å². The molecule has 0 bridgehead atoms. The van der Waals surface area contributed by atoms with Crippen LogP contribution in [0.15, 0.2) is 72.8 Å². The lowest BCUT2D eigenvalue weighted by Gasteiger charge is -2.35. The van der Waals surface area contributed by atoms with Crippen LogP contribution in [0.5, 0.6) is 0 Å². The first-order chi connectivity index (χ1) is 36.1. The second-order valence-corrected chi connectivity index (χ2v) is 21.3. The van der Waals surface area contributed by atoms with Crippen LogP contribution in [-0.4, -0.2) is 133 Å². The molecule has 3 aromatic carbocycles. The first kappa shape index (κ1) is 54.6. The Hall–Kier alpha value is -6.66. The molecule has 3 aromatic rings. The highest BCUT2D eigenvalue weighted by Gasteiger charge is 2.46. The van der Waals surface area contributed by atoms with Gasteiger partial charge >= 0.3 is 0 Å². The van der Waals surface area contributed by atoms with E-state index in [1.807, 2.05) is 36.4 Å². The van der Waals surface area contributed by atoms with Gasteiger partial charge in [0.2, 0.25) is 35.4 Å². The van der Waals surface area contributed by atoms with Crippen molar-refractivity contribution < 1.29 is 38.4 Å². The van der Waals surface area contributed by atoms with Crippen molar-refractivity contribution in [3.63, 3.8) is 0 Å².